The second-order valence-corrected chi connectivity index (χ2v) is 13.7. The number of halogens is 1. The van der Waals surface area contributed by atoms with Crippen molar-refractivity contribution >= 4 is 29.0 Å². The van der Waals surface area contributed by atoms with Gasteiger partial charge in [-0.05, 0) is 85.8 Å². The van der Waals surface area contributed by atoms with E-state index in [1.165, 1.54) is 0 Å². The Hall–Kier alpha value is -2.92. The van der Waals surface area contributed by atoms with Crippen LogP contribution in [0.4, 0.5) is 5.82 Å². The van der Waals surface area contributed by atoms with Crippen LogP contribution in [0, 0.1) is 6.92 Å². The van der Waals surface area contributed by atoms with Gasteiger partial charge in [-0.2, -0.15) is 9.61 Å². The second kappa shape index (κ2) is 13.2. The van der Waals surface area contributed by atoms with E-state index in [2.05, 4.69) is 18.7 Å². The van der Waals surface area contributed by atoms with Crippen LogP contribution < -0.4 is 9.64 Å². The molecule has 0 amide bonds. The van der Waals surface area contributed by atoms with Gasteiger partial charge in [-0.1, -0.05) is 17.7 Å². The Morgan fingerprint density at radius 2 is 1.93 bits per heavy atom. The maximum Gasteiger partial charge on any atom is 0.337 e. The molecule has 240 valence electrons. The van der Waals surface area contributed by atoms with Gasteiger partial charge >= 0.3 is 5.97 Å². The van der Waals surface area contributed by atoms with E-state index in [1.54, 1.807) is 4.52 Å². The number of aryl methyl sites for hydroxylation is 1. The van der Waals surface area contributed by atoms with Gasteiger partial charge in [-0.15, -0.1) is 0 Å². The molecule has 0 aliphatic carbocycles. The third-order valence-corrected chi connectivity index (χ3v) is 8.49. The zero-order valence-corrected chi connectivity index (χ0v) is 27.4. The van der Waals surface area contributed by atoms with Crippen molar-refractivity contribution in [3.63, 3.8) is 0 Å². The quantitative estimate of drug-likeness (QED) is 0.340. The van der Waals surface area contributed by atoms with Crippen molar-refractivity contribution < 1.29 is 28.8 Å². The lowest BCUT2D eigenvalue weighted by atomic mass is 9.92. The normalized spacial score (nSPS) is 22.9. The number of benzene rings is 1. The predicted octanol–water partition coefficient (Wildman–Crippen LogP) is 6.68. The van der Waals surface area contributed by atoms with Crippen LogP contribution in [-0.4, -0.2) is 62.7 Å². The smallest absolute Gasteiger partial charge is 0.337 e. The van der Waals surface area contributed by atoms with E-state index in [0.29, 0.717) is 65.5 Å². The SMILES string of the molecule is Cc1nc2cc3nn2c(c1C(OC(C)(C)C)C(=O)O)N1CCC(C)(CC1)OCCCCC(C)Oc1cc(Cl)ccc1COC3. The lowest BCUT2D eigenvalue weighted by Gasteiger charge is -2.41. The fraction of sp³-hybridized carbons (Fsp3) is 0.606. The van der Waals surface area contributed by atoms with Crippen molar-refractivity contribution in [2.24, 2.45) is 0 Å². The Morgan fingerprint density at radius 3 is 2.64 bits per heavy atom. The minimum atomic E-state index is -1.22. The summed E-state index contributed by atoms with van der Waals surface area (Å²) in [6.07, 6.45) is 3.22. The highest BCUT2D eigenvalue weighted by atomic mass is 35.5. The Kier molecular flexibility index (Phi) is 9.75. The fourth-order valence-electron chi connectivity index (χ4n) is 5.92. The topological polar surface area (TPSA) is 108 Å². The van der Waals surface area contributed by atoms with E-state index in [0.717, 1.165) is 37.7 Å². The highest BCUT2D eigenvalue weighted by Gasteiger charge is 2.37. The van der Waals surface area contributed by atoms with E-state index < -0.39 is 17.7 Å². The Balaban J connectivity index is 1.55. The van der Waals surface area contributed by atoms with Gasteiger partial charge in [0.05, 0.1) is 41.8 Å². The van der Waals surface area contributed by atoms with E-state index in [9.17, 15) is 9.90 Å². The number of piperidine rings is 1. The number of hydrogen-bond donors (Lipinski definition) is 1. The van der Waals surface area contributed by atoms with Crippen LogP contribution in [0.1, 0.15) is 95.3 Å². The number of ether oxygens (including phenoxy) is 4. The summed E-state index contributed by atoms with van der Waals surface area (Å²) in [4.78, 5) is 19.7. The van der Waals surface area contributed by atoms with Gasteiger partial charge < -0.3 is 29.0 Å². The molecular formula is C33H45ClN4O6. The average Bonchev–Trinajstić information content (AvgIpc) is 3.34. The van der Waals surface area contributed by atoms with Gasteiger partial charge in [-0.25, -0.2) is 9.78 Å². The third-order valence-electron chi connectivity index (χ3n) is 8.25. The molecule has 1 N–H and O–H groups in total. The average molecular weight is 629 g/mol. The molecule has 5 heterocycles. The van der Waals surface area contributed by atoms with Crippen molar-refractivity contribution in [3.05, 3.63) is 51.8 Å². The number of nitrogens with zero attached hydrogens (tertiary/aromatic N) is 4. The number of aliphatic carboxylic acids is 1. The summed E-state index contributed by atoms with van der Waals surface area (Å²) in [5.41, 5.74) is 2.36. The Morgan fingerprint density at radius 1 is 1.18 bits per heavy atom. The Labute approximate surface area is 264 Å². The number of anilines is 1. The maximum atomic E-state index is 12.7. The summed E-state index contributed by atoms with van der Waals surface area (Å²) in [6, 6.07) is 7.49. The molecule has 1 aromatic carbocycles. The highest BCUT2D eigenvalue weighted by Crippen LogP contribution is 2.38. The zero-order valence-electron chi connectivity index (χ0n) is 26.7. The molecule has 3 aliphatic rings. The van der Waals surface area contributed by atoms with Crippen molar-refractivity contribution in [1.29, 1.82) is 0 Å². The first kappa shape index (κ1) is 32.5. The first-order chi connectivity index (χ1) is 20.8. The third kappa shape index (κ3) is 7.65. The molecule has 0 radical (unpaired) electrons. The molecule has 2 unspecified atom stereocenters. The standard InChI is InChI=1S/C33H45ClN4O6/c1-21-9-7-8-16-42-33(6)12-14-37(15-13-33)30-28(29(31(39)40)44-32(3,4)5)22(2)35-27-18-25(36-38(27)30)20-41-19-23-10-11-24(34)17-26(23)43-21/h10-11,17-18,21,29H,7-9,12-16,19-20H2,1-6H3,(H,39,40). The summed E-state index contributed by atoms with van der Waals surface area (Å²) < 4.78 is 26.8. The van der Waals surface area contributed by atoms with Crippen LogP contribution in [0.5, 0.6) is 5.75 Å². The minimum absolute atomic E-state index is 0.0221. The summed E-state index contributed by atoms with van der Waals surface area (Å²) in [5.74, 6) is 0.336. The number of aromatic nitrogens is 3. The lowest BCUT2D eigenvalue weighted by Crippen LogP contribution is -2.46. The molecule has 4 bridgehead atoms. The summed E-state index contributed by atoms with van der Waals surface area (Å²) in [5, 5.41) is 15.9. The van der Waals surface area contributed by atoms with Gasteiger partial charge in [-0.3, -0.25) is 0 Å². The molecule has 6 rings (SSSR count). The number of carboxylic acid groups (broad SMARTS) is 1. The number of hydrogen-bond acceptors (Lipinski definition) is 8. The number of carbonyl (C=O) groups is 1. The molecule has 3 aromatic rings. The molecule has 44 heavy (non-hydrogen) atoms. The highest BCUT2D eigenvalue weighted by molar-refractivity contribution is 6.30. The van der Waals surface area contributed by atoms with Crippen molar-refractivity contribution in [3.8, 4) is 5.75 Å². The van der Waals surface area contributed by atoms with Crippen LogP contribution >= 0.6 is 11.6 Å². The monoisotopic (exact) mass is 628 g/mol. The van der Waals surface area contributed by atoms with Crippen LogP contribution in [0.25, 0.3) is 5.65 Å². The molecule has 2 atom stereocenters. The van der Waals surface area contributed by atoms with Gasteiger partial charge in [0.1, 0.15) is 11.6 Å². The lowest BCUT2D eigenvalue weighted by molar-refractivity contribution is -0.160. The maximum absolute atomic E-state index is 12.7. The molecule has 2 aromatic heterocycles. The van der Waals surface area contributed by atoms with E-state index in [4.69, 9.17) is 40.6 Å². The van der Waals surface area contributed by atoms with Gasteiger partial charge in [0.15, 0.2) is 11.8 Å². The molecule has 10 nitrogen and oxygen atoms in total. The molecule has 11 heteroatoms. The Bertz CT molecular complexity index is 1480. The summed E-state index contributed by atoms with van der Waals surface area (Å²) >= 11 is 6.31. The molecule has 0 saturated carbocycles. The van der Waals surface area contributed by atoms with Gasteiger partial charge in [0, 0.05) is 42.0 Å². The van der Waals surface area contributed by atoms with E-state index in [1.807, 2.05) is 52.0 Å². The van der Waals surface area contributed by atoms with Crippen LogP contribution in [0.3, 0.4) is 0 Å². The van der Waals surface area contributed by atoms with Crippen LogP contribution in [0.2, 0.25) is 5.02 Å². The molecule has 1 fully saturated rings. The largest absolute Gasteiger partial charge is 0.490 e. The van der Waals surface area contributed by atoms with Crippen molar-refractivity contribution in [2.45, 2.75) is 110 Å². The minimum Gasteiger partial charge on any atom is -0.490 e. The number of rotatable bonds is 3. The second-order valence-electron chi connectivity index (χ2n) is 13.2. The van der Waals surface area contributed by atoms with Crippen LogP contribution in [-0.2, 0) is 32.2 Å². The number of fused-ring (bicyclic) bond motifs is 10. The first-order valence-corrected chi connectivity index (χ1v) is 15.9. The van der Waals surface area contributed by atoms with Crippen LogP contribution in [0.15, 0.2) is 24.3 Å². The molecule has 0 spiro atoms. The van der Waals surface area contributed by atoms with E-state index >= 15 is 0 Å². The summed E-state index contributed by atoms with van der Waals surface area (Å²) in [6.45, 7) is 14.2. The molecule has 3 aliphatic heterocycles. The number of carboxylic acids is 1. The summed E-state index contributed by atoms with van der Waals surface area (Å²) in [7, 11) is 0. The first-order valence-electron chi connectivity index (χ1n) is 15.5. The van der Waals surface area contributed by atoms with Gasteiger partial charge in [0.25, 0.3) is 0 Å². The molecule has 1 saturated heterocycles. The van der Waals surface area contributed by atoms with Gasteiger partial charge in [0.2, 0.25) is 0 Å². The zero-order chi connectivity index (χ0) is 31.6. The fourth-order valence-corrected chi connectivity index (χ4v) is 6.08. The van der Waals surface area contributed by atoms with Crippen molar-refractivity contribution in [2.75, 3.05) is 24.6 Å². The molecular weight excluding hydrogens is 584 g/mol. The van der Waals surface area contributed by atoms with Crippen molar-refractivity contribution in [1.82, 2.24) is 14.6 Å². The predicted molar refractivity (Wildman–Crippen MR) is 169 cm³/mol. The van der Waals surface area contributed by atoms with E-state index in [-0.39, 0.29) is 18.3 Å².